The molecule has 0 aliphatic rings. The summed E-state index contributed by atoms with van der Waals surface area (Å²) in [7, 11) is 1.60. The Labute approximate surface area is 180 Å². The lowest BCUT2D eigenvalue weighted by molar-refractivity contribution is -0.113. The molecule has 0 atom stereocenters. The van der Waals surface area contributed by atoms with Gasteiger partial charge in [0.1, 0.15) is 11.6 Å². The highest BCUT2D eigenvalue weighted by atomic mass is 35.5. The van der Waals surface area contributed by atoms with Crippen LogP contribution < -0.4 is 10.1 Å². The van der Waals surface area contributed by atoms with Crippen LogP contribution in [0.5, 0.6) is 5.75 Å². The van der Waals surface area contributed by atoms with E-state index in [0.717, 1.165) is 5.56 Å². The highest BCUT2D eigenvalue weighted by Crippen LogP contribution is 2.28. The van der Waals surface area contributed by atoms with Crippen molar-refractivity contribution in [3.05, 3.63) is 65.4 Å². The smallest absolute Gasteiger partial charge is 0.234 e. The van der Waals surface area contributed by atoms with E-state index in [9.17, 15) is 9.18 Å². The van der Waals surface area contributed by atoms with Crippen LogP contribution in [0.4, 0.5) is 10.1 Å². The van der Waals surface area contributed by atoms with Gasteiger partial charge in [0.15, 0.2) is 5.65 Å². The monoisotopic (exact) mass is 443 g/mol. The molecule has 2 aromatic heterocycles. The number of rotatable bonds is 6. The second-order valence-corrected chi connectivity index (χ2v) is 7.49. The zero-order valence-electron chi connectivity index (χ0n) is 15.7. The molecule has 0 aliphatic heterocycles. The van der Waals surface area contributed by atoms with Crippen molar-refractivity contribution >= 4 is 40.6 Å². The fourth-order valence-electron chi connectivity index (χ4n) is 2.76. The number of amides is 1. The molecule has 2 aromatic carbocycles. The minimum Gasteiger partial charge on any atom is -0.496 e. The molecule has 0 unspecified atom stereocenters. The minimum absolute atomic E-state index is 0.00534. The summed E-state index contributed by atoms with van der Waals surface area (Å²) in [5, 5.41) is 15.8. The maximum atomic E-state index is 13.5. The van der Waals surface area contributed by atoms with Gasteiger partial charge in [-0.15, -0.1) is 10.2 Å². The van der Waals surface area contributed by atoms with Crippen molar-refractivity contribution in [2.45, 2.75) is 5.16 Å². The average molecular weight is 444 g/mol. The largest absolute Gasteiger partial charge is 0.496 e. The average Bonchev–Trinajstić information content (AvgIpc) is 3.17. The number of aromatic nitrogens is 4. The Morgan fingerprint density at radius 2 is 2.03 bits per heavy atom. The van der Waals surface area contributed by atoms with E-state index in [0.29, 0.717) is 27.9 Å². The van der Waals surface area contributed by atoms with Crippen LogP contribution >= 0.6 is 23.4 Å². The predicted octanol–water partition coefficient (Wildman–Crippen LogP) is 4.32. The van der Waals surface area contributed by atoms with Crippen molar-refractivity contribution in [1.82, 2.24) is 19.8 Å². The van der Waals surface area contributed by atoms with Crippen molar-refractivity contribution in [3.8, 4) is 17.0 Å². The van der Waals surface area contributed by atoms with Crippen LogP contribution in [0, 0.1) is 5.82 Å². The summed E-state index contributed by atoms with van der Waals surface area (Å²) in [5.41, 5.74) is 2.39. The molecule has 0 aliphatic carbocycles. The zero-order valence-corrected chi connectivity index (χ0v) is 17.2. The van der Waals surface area contributed by atoms with Crippen molar-refractivity contribution in [2.24, 2.45) is 0 Å². The van der Waals surface area contributed by atoms with Gasteiger partial charge in [0.2, 0.25) is 11.1 Å². The van der Waals surface area contributed by atoms with E-state index in [-0.39, 0.29) is 16.7 Å². The van der Waals surface area contributed by atoms with Gasteiger partial charge in [-0.05, 0) is 42.5 Å². The molecule has 4 aromatic rings. The number of anilines is 1. The summed E-state index contributed by atoms with van der Waals surface area (Å²) < 4.78 is 20.5. The zero-order chi connectivity index (χ0) is 21.1. The van der Waals surface area contributed by atoms with Crippen molar-refractivity contribution in [3.63, 3.8) is 0 Å². The standard InChI is InChI=1S/C20H15ClFN5O2S/c1-29-17-5-3-2-4-13(17)16-8-9-18-24-25-20(27(18)26-16)30-11-19(28)23-12-6-7-14(21)15(22)10-12/h2-10H,11H2,1H3,(H,23,28). The van der Waals surface area contributed by atoms with E-state index in [1.165, 1.54) is 30.0 Å². The third kappa shape index (κ3) is 4.22. The number of benzene rings is 2. The van der Waals surface area contributed by atoms with E-state index in [4.69, 9.17) is 16.3 Å². The molecule has 0 radical (unpaired) electrons. The Hall–Kier alpha value is -3.17. The first-order valence-corrected chi connectivity index (χ1v) is 10.1. The van der Waals surface area contributed by atoms with Gasteiger partial charge in [-0.2, -0.15) is 9.61 Å². The molecule has 0 bridgehead atoms. The Morgan fingerprint density at radius 3 is 2.83 bits per heavy atom. The Morgan fingerprint density at radius 1 is 1.20 bits per heavy atom. The number of para-hydroxylation sites is 1. The lowest BCUT2D eigenvalue weighted by Crippen LogP contribution is -2.14. The lowest BCUT2D eigenvalue weighted by Gasteiger charge is -2.08. The molecular weight excluding hydrogens is 429 g/mol. The van der Waals surface area contributed by atoms with Crippen molar-refractivity contribution in [2.75, 3.05) is 18.2 Å². The Balaban J connectivity index is 1.51. The summed E-state index contributed by atoms with van der Waals surface area (Å²) in [4.78, 5) is 12.2. The van der Waals surface area contributed by atoms with E-state index in [2.05, 4.69) is 20.6 Å². The maximum Gasteiger partial charge on any atom is 0.234 e. The summed E-state index contributed by atoms with van der Waals surface area (Å²) in [6.07, 6.45) is 0. The molecule has 0 saturated heterocycles. The number of nitrogens with zero attached hydrogens (tertiary/aromatic N) is 4. The number of ether oxygens (including phenoxy) is 1. The lowest BCUT2D eigenvalue weighted by atomic mass is 10.1. The van der Waals surface area contributed by atoms with Crippen LogP contribution in [-0.4, -0.2) is 38.6 Å². The molecule has 4 rings (SSSR count). The summed E-state index contributed by atoms with van der Waals surface area (Å²) >= 11 is 6.82. The number of thioether (sulfide) groups is 1. The SMILES string of the molecule is COc1ccccc1-c1ccc2nnc(SCC(=O)Nc3ccc(Cl)c(F)c3)n2n1. The van der Waals surface area contributed by atoms with Crippen LogP contribution in [-0.2, 0) is 4.79 Å². The van der Waals surface area contributed by atoms with Crippen LogP contribution in [0.3, 0.4) is 0 Å². The van der Waals surface area contributed by atoms with Gasteiger partial charge in [0.05, 0.1) is 23.6 Å². The first kappa shape index (κ1) is 20.1. The van der Waals surface area contributed by atoms with E-state index in [1.807, 2.05) is 30.3 Å². The van der Waals surface area contributed by atoms with E-state index < -0.39 is 5.82 Å². The summed E-state index contributed by atoms with van der Waals surface area (Å²) in [5.74, 6) is -0.176. The van der Waals surface area contributed by atoms with Gasteiger partial charge in [-0.25, -0.2) is 4.39 Å². The molecule has 0 fully saturated rings. The topological polar surface area (TPSA) is 81.4 Å². The fourth-order valence-corrected chi connectivity index (χ4v) is 3.57. The van der Waals surface area contributed by atoms with Gasteiger partial charge in [0, 0.05) is 11.3 Å². The number of carbonyl (C=O) groups excluding carboxylic acids is 1. The van der Waals surface area contributed by atoms with Crippen LogP contribution in [0.25, 0.3) is 16.9 Å². The van der Waals surface area contributed by atoms with Gasteiger partial charge in [-0.3, -0.25) is 4.79 Å². The van der Waals surface area contributed by atoms with Gasteiger partial charge in [-0.1, -0.05) is 35.5 Å². The molecule has 10 heteroatoms. The normalized spacial score (nSPS) is 10.9. The Bertz CT molecular complexity index is 1230. The molecule has 1 amide bonds. The van der Waals surface area contributed by atoms with Gasteiger partial charge >= 0.3 is 0 Å². The van der Waals surface area contributed by atoms with E-state index >= 15 is 0 Å². The number of nitrogens with one attached hydrogen (secondary N) is 1. The number of hydrogen-bond donors (Lipinski definition) is 1. The molecular formula is C20H15ClFN5O2S. The molecule has 0 spiro atoms. The first-order valence-electron chi connectivity index (χ1n) is 8.78. The fraction of sp³-hybridized carbons (Fsp3) is 0.100. The van der Waals surface area contributed by atoms with Crippen molar-refractivity contribution in [1.29, 1.82) is 0 Å². The molecule has 0 saturated carbocycles. The van der Waals surface area contributed by atoms with Gasteiger partial charge in [0.25, 0.3) is 0 Å². The highest BCUT2D eigenvalue weighted by molar-refractivity contribution is 7.99. The molecule has 152 valence electrons. The van der Waals surface area contributed by atoms with E-state index in [1.54, 1.807) is 17.7 Å². The minimum atomic E-state index is -0.598. The second kappa shape index (κ2) is 8.68. The molecule has 7 nitrogen and oxygen atoms in total. The third-order valence-corrected chi connectivity index (χ3v) is 5.38. The number of halogens is 2. The molecule has 30 heavy (non-hydrogen) atoms. The quantitative estimate of drug-likeness (QED) is 0.447. The number of fused-ring (bicyclic) bond motifs is 1. The maximum absolute atomic E-state index is 13.5. The van der Waals surface area contributed by atoms with Crippen LogP contribution in [0.2, 0.25) is 5.02 Å². The Kier molecular flexibility index (Phi) is 5.82. The van der Waals surface area contributed by atoms with Crippen molar-refractivity contribution < 1.29 is 13.9 Å². The summed E-state index contributed by atoms with van der Waals surface area (Å²) in [6.45, 7) is 0. The predicted molar refractivity (Wildman–Crippen MR) is 114 cm³/mol. The molecule has 1 N–H and O–H groups in total. The summed E-state index contributed by atoms with van der Waals surface area (Å²) in [6, 6.07) is 15.2. The highest BCUT2D eigenvalue weighted by Gasteiger charge is 2.14. The number of hydrogen-bond acceptors (Lipinski definition) is 6. The van der Waals surface area contributed by atoms with Crippen LogP contribution in [0.1, 0.15) is 0 Å². The first-order chi connectivity index (χ1) is 14.5. The molecule has 2 heterocycles. The number of carbonyl (C=O) groups is 1. The second-order valence-electron chi connectivity index (χ2n) is 6.14. The number of methoxy groups -OCH3 is 1. The van der Waals surface area contributed by atoms with Gasteiger partial charge < -0.3 is 10.1 Å². The van der Waals surface area contributed by atoms with Crippen LogP contribution in [0.15, 0.2) is 59.8 Å². The third-order valence-electron chi connectivity index (χ3n) is 4.15.